The second-order valence-electron chi connectivity index (χ2n) is 8.70. The number of nitrogens with zero attached hydrogens (tertiary/aromatic N) is 3. The van der Waals surface area contributed by atoms with E-state index in [1.54, 1.807) is 12.1 Å². The Morgan fingerprint density at radius 3 is 2.46 bits per heavy atom. The van der Waals surface area contributed by atoms with Gasteiger partial charge in [0.1, 0.15) is 11.5 Å². The molecule has 0 fully saturated rings. The van der Waals surface area contributed by atoms with E-state index in [0.29, 0.717) is 35.7 Å². The maximum Gasteiger partial charge on any atom is 0.258 e. The van der Waals surface area contributed by atoms with Crippen LogP contribution in [0.4, 0.5) is 5.69 Å². The Labute approximate surface area is 222 Å². The lowest BCUT2D eigenvalue weighted by atomic mass is 10.0. The molecule has 2 aromatic carbocycles. The van der Waals surface area contributed by atoms with E-state index in [4.69, 9.17) is 9.47 Å². The molecule has 0 radical (unpaired) electrons. The van der Waals surface area contributed by atoms with E-state index in [1.165, 1.54) is 11.8 Å². The molecular weight excluding hydrogens is 490 g/mol. The number of amides is 2. The van der Waals surface area contributed by atoms with Crippen LogP contribution in [0.25, 0.3) is 0 Å². The Morgan fingerprint density at radius 2 is 1.78 bits per heavy atom. The summed E-state index contributed by atoms with van der Waals surface area (Å²) in [6, 6.07) is 13.3. The van der Waals surface area contributed by atoms with Crippen LogP contribution >= 0.6 is 11.8 Å². The monoisotopic (exact) mass is 525 g/mol. The Bertz CT molecular complexity index is 1190. The van der Waals surface area contributed by atoms with Gasteiger partial charge >= 0.3 is 0 Å². The fourth-order valence-corrected chi connectivity index (χ4v) is 4.44. The first-order chi connectivity index (χ1) is 17.8. The van der Waals surface area contributed by atoms with Crippen molar-refractivity contribution in [3.05, 3.63) is 59.4 Å². The number of nitrogens with one attached hydrogen (secondary N) is 2. The molecule has 10 heteroatoms. The van der Waals surface area contributed by atoms with Crippen LogP contribution in [0.2, 0.25) is 0 Å². The number of aromatic nitrogens is 3. The van der Waals surface area contributed by atoms with Crippen molar-refractivity contribution in [3.8, 4) is 11.5 Å². The third-order valence-corrected chi connectivity index (χ3v) is 6.45. The van der Waals surface area contributed by atoms with Gasteiger partial charge in [0.05, 0.1) is 18.9 Å². The average Bonchev–Trinajstić information content (AvgIpc) is 3.28. The number of benzene rings is 2. The van der Waals surface area contributed by atoms with E-state index in [0.717, 1.165) is 22.6 Å². The fourth-order valence-electron chi connectivity index (χ4n) is 3.62. The molecule has 3 aromatic rings. The summed E-state index contributed by atoms with van der Waals surface area (Å²) in [6.07, 6.45) is 0. The highest BCUT2D eigenvalue weighted by molar-refractivity contribution is 7.99. The van der Waals surface area contributed by atoms with Gasteiger partial charge in [-0.3, -0.25) is 9.59 Å². The molecule has 0 saturated carbocycles. The molecule has 2 N–H and O–H groups in total. The molecule has 1 heterocycles. The lowest BCUT2D eigenvalue weighted by molar-refractivity contribution is -0.123. The minimum atomic E-state index is -0.245. The topological polar surface area (TPSA) is 107 Å². The minimum absolute atomic E-state index is 0.0865. The number of hydrogen-bond acceptors (Lipinski definition) is 7. The molecule has 198 valence electrons. The van der Waals surface area contributed by atoms with Crippen molar-refractivity contribution in [2.75, 3.05) is 24.3 Å². The number of thioether (sulfide) groups is 1. The molecular formula is C27H35N5O4S. The van der Waals surface area contributed by atoms with Gasteiger partial charge in [0.2, 0.25) is 5.91 Å². The van der Waals surface area contributed by atoms with E-state index in [9.17, 15) is 9.59 Å². The second kappa shape index (κ2) is 13.7. The first-order valence-corrected chi connectivity index (χ1v) is 13.4. The summed E-state index contributed by atoms with van der Waals surface area (Å²) < 4.78 is 13.1. The van der Waals surface area contributed by atoms with E-state index in [2.05, 4.69) is 34.7 Å². The van der Waals surface area contributed by atoms with Crippen molar-refractivity contribution in [1.29, 1.82) is 0 Å². The van der Waals surface area contributed by atoms with Crippen LogP contribution in [-0.2, 0) is 22.7 Å². The van der Waals surface area contributed by atoms with Gasteiger partial charge in [-0.1, -0.05) is 37.7 Å². The van der Waals surface area contributed by atoms with Gasteiger partial charge in [0, 0.05) is 12.2 Å². The highest BCUT2D eigenvalue weighted by atomic mass is 32.2. The first kappa shape index (κ1) is 28.0. The summed E-state index contributed by atoms with van der Waals surface area (Å²) in [5, 5.41) is 14.7. The zero-order valence-corrected chi connectivity index (χ0v) is 22.9. The smallest absolute Gasteiger partial charge is 0.258 e. The van der Waals surface area contributed by atoms with Gasteiger partial charge in [-0.15, -0.1) is 10.2 Å². The summed E-state index contributed by atoms with van der Waals surface area (Å²) >= 11 is 1.29. The van der Waals surface area contributed by atoms with Gasteiger partial charge in [-0.05, 0) is 68.1 Å². The minimum Gasteiger partial charge on any atom is -0.494 e. The van der Waals surface area contributed by atoms with Crippen LogP contribution in [-0.4, -0.2) is 45.5 Å². The largest absolute Gasteiger partial charge is 0.494 e. The molecule has 0 atom stereocenters. The Morgan fingerprint density at radius 1 is 1.03 bits per heavy atom. The van der Waals surface area contributed by atoms with Crippen molar-refractivity contribution >= 4 is 29.3 Å². The van der Waals surface area contributed by atoms with E-state index in [1.807, 2.05) is 55.7 Å². The predicted octanol–water partition coefficient (Wildman–Crippen LogP) is 4.55. The summed E-state index contributed by atoms with van der Waals surface area (Å²) in [4.78, 5) is 24.9. The molecule has 0 bridgehead atoms. The predicted molar refractivity (Wildman–Crippen MR) is 145 cm³/mol. The normalized spacial score (nSPS) is 10.9. The van der Waals surface area contributed by atoms with Crippen LogP contribution in [0.1, 0.15) is 50.6 Å². The molecule has 37 heavy (non-hydrogen) atoms. The number of ether oxygens (including phenoxy) is 2. The maximum absolute atomic E-state index is 12.4. The Hall–Kier alpha value is -3.53. The molecule has 0 aliphatic rings. The van der Waals surface area contributed by atoms with Crippen molar-refractivity contribution in [2.24, 2.45) is 0 Å². The number of anilines is 1. The number of aryl methyl sites for hydroxylation is 1. The van der Waals surface area contributed by atoms with E-state index in [-0.39, 0.29) is 30.7 Å². The summed E-state index contributed by atoms with van der Waals surface area (Å²) in [6.45, 7) is 11.4. The summed E-state index contributed by atoms with van der Waals surface area (Å²) in [5.41, 5.74) is 2.84. The SMILES string of the molecule is CCOc1ccc(NC(=O)CSc2nnc(CNC(=O)COc3cc(C)ccc3C(C)C)n2CC)cc1. The Balaban J connectivity index is 1.49. The molecule has 0 saturated heterocycles. The standard InChI is InChI=1S/C27H35N5O4S/c1-6-32-24(15-28-25(33)16-36-23-14-19(5)8-13-22(23)18(3)4)30-31-27(32)37-17-26(34)29-20-9-11-21(12-10-20)35-7-2/h8-14,18H,6-7,15-17H2,1-5H3,(H,28,33)(H,29,34). The number of carbonyl (C=O) groups excluding carboxylic acids is 2. The van der Waals surface area contributed by atoms with Gasteiger partial charge < -0.3 is 24.7 Å². The van der Waals surface area contributed by atoms with Crippen LogP contribution in [0.15, 0.2) is 47.6 Å². The molecule has 0 spiro atoms. The summed E-state index contributed by atoms with van der Waals surface area (Å²) in [5.74, 6) is 2.18. The van der Waals surface area contributed by atoms with Crippen LogP contribution in [0.5, 0.6) is 11.5 Å². The average molecular weight is 526 g/mol. The quantitative estimate of drug-likeness (QED) is 0.315. The van der Waals surface area contributed by atoms with Gasteiger partial charge in [0.25, 0.3) is 5.91 Å². The fraction of sp³-hybridized carbons (Fsp3) is 0.407. The van der Waals surface area contributed by atoms with Crippen molar-refractivity contribution < 1.29 is 19.1 Å². The molecule has 0 aliphatic carbocycles. The zero-order valence-electron chi connectivity index (χ0n) is 22.0. The lowest BCUT2D eigenvalue weighted by Gasteiger charge is -2.15. The zero-order chi connectivity index (χ0) is 26.8. The van der Waals surface area contributed by atoms with Crippen LogP contribution < -0.4 is 20.1 Å². The van der Waals surface area contributed by atoms with Crippen LogP contribution in [0.3, 0.4) is 0 Å². The molecule has 1 aromatic heterocycles. The van der Waals surface area contributed by atoms with E-state index >= 15 is 0 Å². The third-order valence-electron chi connectivity index (χ3n) is 5.48. The first-order valence-electron chi connectivity index (χ1n) is 12.4. The number of rotatable bonds is 13. The molecule has 9 nitrogen and oxygen atoms in total. The molecule has 0 aliphatic heterocycles. The highest BCUT2D eigenvalue weighted by Crippen LogP contribution is 2.27. The molecule has 3 rings (SSSR count). The second-order valence-corrected chi connectivity index (χ2v) is 9.64. The van der Waals surface area contributed by atoms with Crippen molar-refractivity contribution in [3.63, 3.8) is 0 Å². The lowest BCUT2D eigenvalue weighted by Crippen LogP contribution is -2.29. The third kappa shape index (κ3) is 8.24. The van der Waals surface area contributed by atoms with Gasteiger partial charge in [-0.2, -0.15) is 0 Å². The maximum atomic E-state index is 12.4. The number of hydrogen-bond donors (Lipinski definition) is 2. The van der Waals surface area contributed by atoms with Gasteiger partial charge in [-0.25, -0.2) is 0 Å². The number of carbonyl (C=O) groups is 2. The van der Waals surface area contributed by atoms with Gasteiger partial charge in [0.15, 0.2) is 17.6 Å². The summed E-state index contributed by atoms with van der Waals surface area (Å²) in [7, 11) is 0. The Kier molecular flexibility index (Phi) is 10.4. The van der Waals surface area contributed by atoms with E-state index < -0.39 is 0 Å². The molecule has 2 amide bonds. The molecule has 0 unspecified atom stereocenters. The van der Waals surface area contributed by atoms with Crippen molar-refractivity contribution in [2.45, 2.75) is 58.8 Å². The van der Waals surface area contributed by atoms with Crippen molar-refractivity contribution in [1.82, 2.24) is 20.1 Å². The van der Waals surface area contributed by atoms with Crippen LogP contribution in [0, 0.1) is 6.92 Å². The highest BCUT2D eigenvalue weighted by Gasteiger charge is 2.15.